The van der Waals surface area contributed by atoms with Gasteiger partial charge in [-0.2, -0.15) is 5.10 Å². The number of rotatable bonds is 4. The van der Waals surface area contributed by atoms with Crippen LogP contribution in [0.2, 0.25) is 5.02 Å². The fourth-order valence-electron chi connectivity index (χ4n) is 1.13. The Bertz CT molecular complexity index is 255. The summed E-state index contributed by atoms with van der Waals surface area (Å²) in [6, 6.07) is 0.774. The van der Waals surface area contributed by atoms with Gasteiger partial charge < -0.3 is 5.32 Å². The summed E-state index contributed by atoms with van der Waals surface area (Å²) in [6.07, 6.45) is 6.18. The molecule has 2 rings (SSSR count). The Morgan fingerprint density at radius 1 is 1.67 bits per heavy atom. The Morgan fingerprint density at radius 3 is 3.08 bits per heavy atom. The molecule has 1 aliphatic rings. The predicted octanol–water partition coefficient (Wildman–Crippen LogP) is 1.29. The van der Waals surface area contributed by atoms with Crippen molar-refractivity contribution in [2.45, 2.75) is 25.4 Å². The molecule has 0 radical (unpaired) electrons. The number of aromatic nitrogens is 2. The second-order valence-corrected chi connectivity index (χ2v) is 3.59. The van der Waals surface area contributed by atoms with Crippen molar-refractivity contribution in [2.24, 2.45) is 0 Å². The number of hydrogen-bond donors (Lipinski definition) is 1. The topological polar surface area (TPSA) is 29.9 Å². The highest BCUT2D eigenvalue weighted by molar-refractivity contribution is 6.30. The fraction of sp³-hybridized carbons (Fsp3) is 0.625. The van der Waals surface area contributed by atoms with Gasteiger partial charge in [-0.15, -0.1) is 0 Å². The van der Waals surface area contributed by atoms with Crippen LogP contribution in [-0.2, 0) is 6.54 Å². The van der Waals surface area contributed by atoms with Crippen molar-refractivity contribution in [2.75, 3.05) is 6.54 Å². The first-order chi connectivity index (χ1) is 5.84. The molecule has 0 bridgehead atoms. The van der Waals surface area contributed by atoms with Crippen LogP contribution < -0.4 is 5.32 Å². The van der Waals surface area contributed by atoms with Crippen LogP contribution in [0.5, 0.6) is 0 Å². The molecule has 1 heterocycles. The van der Waals surface area contributed by atoms with E-state index in [2.05, 4.69) is 10.4 Å². The van der Waals surface area contributed by atoms with E-state index < -0.39 is 0 Å². The van der Waals surface area contributed by atoms with Gasteiger partial charge in [-0.3, -0.25) is 4.68 Å². The van der Waals surface area contributed by atoms with E-state index in [9.17, 15) is 0 Å². The van der Waals surface area contributed by atoms with E-state index >= 15 is 0 Å². The van der Waals surface area contributed by atoms with E-state index in [0.29, 0.717) is 5.02 Å². The van der Waals surface area contributed by atoms with E-state index in [4.69, 9.17) is 11.6 Å². The second kappa shape index (κ2) is 3.46. The van der Waals surface area contributed by atoms with Crippen molar-refractivity contribution in [3.05, 3.63) is 17.4 Å². The molecule has 1 aromatic rings. The Labute approximate surface area is 76.7 Å². The van der Waals surface area contributed by atoms with Gasteiger partial charge in [0.2, 0.25) is 0 Å². The lowest BCUT2D eigenvalue weighted by molar-refractivity contribution is 0.553. The largest absolute Gasteiger partial charge is 0.312 e. The zero-order chi connectivity index (χ0) is 8.39. The molecule has 0 aliphatic heterocycles. The average molecular weight is 186 g/mol. The molecule has 0 saturated heterocycles. The lowest BCUT2D eigenvalue weighted by Crippen LogP contribution is -2.21. The highest BCUT2D eigenvalue weighted by Gasteiger charge is 2.19. The van der Waals surface area contributed by atoms with Crippen LogP contribution in [0.15, 0.2) is 12.4 Å². The molecule has 0 spiro atoms. The minimum Gasteiger partial charge on any atom is -0.312 e. The van der Waals surface area contributed by atoms with Crippen LogP contribution in [0.25, 0.3) is 0 Å². The normalized spacial score (nSPS) is 16.8. The fourth-order valence-corrected chi connectivity index (χ4v) is 1.29. The van der Waals surface area contributed by atoms with Gasteiger partial charge in [0, 0.05) is 18.8 Å². The van der Waals surface area contributed by atoms with Crippen molar-refractivity contribution in [3.8, 4) is 0 Å². The van der Waals surface area contributed by atoms with Gasteiger partial charge in [-0.25, -0.2) is 0 Å². The zero-order valence-corrected chi connectivity index (χ0v) is 7.59. The zero-order valence-electron chi connectivity index (χ0n) is 6.83. The Balaban J connectivity index is 1.71. The van der Waals surface area contributed by atoms with E-state index in [1.807, 2.05) is 10.9 Å². The van der Waals surface area contributed by atoms with Crippen molar-refractivity contribution in [3.63, 3.8) is 0 Å². The second-order valence-electron chi connectivity index (χ2n) is 3.15. The van der Waals surface area contributed by atoms with Crippen LogP contribution in [0.1, 0.15) is 12.8 Å². The van der Waals surface area contributed by atoms with Gasteiger partial charge in [0.1, 0.15) is 0 Å². The van der Waals surface area contributed by atoms with Crippen molar-refractivity contribution >= 4 is 11.6 Å². The molecule has 0 atom stereocenters. The van der Waals surface area contributed by atoms with Gasteiger partial charge in [-0.1, -0.05) is 11.6 Å². The summed E-state index contributed by atoms with van der Waals surface area (Å²) in [5, 5.41) is 8.20. The summed E-state index contributed by atoms with van der Waals surface area (Å²) in [6.45, 7) is 1.89. The third kappa shape index (κ3) is 2.22. The summed E-state index contributed by atoms with van der Waals surface area (Å²) >= 11 is 5.71. The molecule has 1 aliphatic carbocycles. The number of hydrogen-bond acceptors (Lipinski definition) is 2. The third-order valence-corrected chi connectivity index (χ3v) is 2.15. The van der Waals surface area contributed by atoms with Gasteiger partial charge in [0.05, 0.1) is 17.8 Å². The van der Waals surface area contributed by atoms with E-state index in [1.165, 1.54) is 12.8 Å². The molecule has 4 heteroatoms. The molecule has 66 valence electrons. The molecule has 0 aromatic carbocycles. The van der Waals surface area contributed by atoms with E-state index in [0.717, 1.165) is 19.1 Å². The molecule has 3 nitrogen and oxygen atoms in total. The Hall–Kier alpha value is -0.540. The van der Waals surface area contributed by atoms with Gasteiger partial charge >= 0.3 is 0 Å². The molecular weight excluding hydrogens is 174 g/mol. The van der Waals surface area contributed by atoms with Crippen LogP contribution in [-0.4, -0.2) is 22.4 Å². The molecule has 1 aromatic heterocycles. The maximum atomic E-state index is 5.71. The molecule has 0 unspecified atom stereocenters. The summed E-state index contributed by atoms with van der Waals surface area (Å²) in [5.41, 5.74) is 0. The lowest BCUT2D eigenvalue weighted by atomic mass is 10.6. The number of nitrogens with zero attached hydrogens (tertiary/aromatic N) is 2. The molecule has 1 saturated carbocycles. The maximum absolute atomic E-state index is 5.71. The summed E-state index contributed by atoms with van der Waals surface area (Å²) in [4.78, 5) is 0. The first-order valence-electron chi connectivity index (χ1n) is 4.26. The third-order valence-electron chi connectivity index (χ3n) is 1.95. The molecule has 12 heavy (non-hydrogen) atoms. The van der Waals surface area contributed by atoms with Crippen molar-refractivity contribution < 1.29 is 0 Å². The lowest BCUT2D eigenvalue weighted by Gasteiger charge is -2.01. The van der Waals surface area contributed by atoms with Gasteiger partial charge in [-0.05, 0) is 12.8 Å². The summed E-state index contributed by atoms with van der Waals surface area (Å²) < 4.78 is 1.86. The van der Waals surface area contributed by atoms with E-state index in [1.54, 1.807) is 6.20 Å². The summed E-state index contributed by atoms with van der Waals surface area (Å²) in [5.74, 6) is 0. The number of halogens is 1. The maximum Gasteiger partial charge on any atom is 0.0785 e. The first kappa shape index (κ1) is 8.08. The molecule has 1 fully saturated rings. The highest BCUT2D eigenvalue weighted by atomic mass is 35.5. The Morgan fingerprint density at radius 2 is 2.50 bits per heavy atom. The van der Waals surface area contributed by atoms with Crippen LogP contribution in [0.3, 0.4) is 0 Å². The number of nitrogens with one attached hydrogen (secondary N) is 1. The quantitative estimate of drug-likeness (QED) is 0.766. The van der Waals surface area contributed by atoms with Gasteiger partial charge in [0.25, 0.3) is 0 Å². The SMILES string of the molecule is Clc1cnn(CCNC2CC2)c1. The highest BCUT2D eigenvalue weighted by Crippen LogP contribution is 2.18. The van der Waals surface area contributed by atoms with Crippen LogP contribution >= 0.6 is 11.6 Å². The molecular formula is C8H12ClN3. The summed E-state index contributed by atoms with van der Waals surface area (Å²) in [7, 11) is 0. The minimum atomic E-state index is 0.710. The van der Waals surface area contributed by atoms with Crippen LogP contribution in [0.4, 0.5) is 0 Å². The monoisotopic (exact) mass is 185 g/mol. The van der Waals surface area contributed by atoms with Crippen molar-refractivity contribution in [1.82, 2.24) is 15.1 Å². The smallest absolute Gasteiger partial charge is 0.0785 e. The van der Waals surface area contributed by atoms with Crippen LogP contribution in [0, 0.1) is 0 Å². The average Bonchev–Trinajstić information content (AvgIpc) is 2.76. The first-order valence-corrected chi connectivity index (χ1v) is 4.64. The standard InChI is InChI=1S/C8H12ClN3/c9-7-5-11-12(6-7)4-3-10-8-1-2-8/h5-6,8,10H,1-4H2. The van der Waals surface area contributed by atoms with Crippen molar-refractivity contribution in [1.29, 1.82) is 0 Å². The molecule has 0 amide bonds. The minimum absolute atomic E-state index is 0.710. The predicted molar refractivity (Wildman–Crippen MR) is 48.3 cm³/mol. The Kier molecular flexibility index (Phi) is 2.33. The van der Waals surface area contributed by atoms with E-state index in [-0.39, 0.29) is 0 Å². The van der Waals surface area contributed by atoms with Gasteiger partial charge in [0.15, 0.2) is 0 Å². The molecule has 1 N–H and O–H groups in total.